The smallest absolute Gasteiger partial charge is 0.403 e. The molecule has 65 heavy (non-hydrogen) atoms. The van der Waals surface area contributed by atoms with E-state index in [0.29, 0.717) is 0 Å². The predicted octanol–water partition coefficient (Wildman–Crippen LogP) is 14.8. The fourth-order valence-electron chi connectivity index (χ4n) is 8.80. The first-order valence-electron chi connectivity index (χ1n) is 22.3. The van der Waals surface area contributed by atoms with Crippen molar-refractivity contribution < 1.29 is 18.6 Å². The van der Waals surface area contributed by atoms with E-state index in [1.54, 1.807) is 0 Å². The largest absolute Gasteiger partial charge is 0.494 e. The summed E-state index contributed by atoms with van der Waals surface area (Å²) in [5.41, 5.74) is 9.20. The molecular formula is C55H54B2Br2N2O4. The summed E-state index contributed by atoms with van der Waals surface area (Å²) in [5, 5.41) is 5.00. The molecule has 0 N–H and O–H groups in total. The van der Waals surface area contributed by atoms with E-state index in [4.69, 9.17) is 18.6 Å². The van der Waals surface area contributed by atoms with Crippen molar-refractivity contribution >= 4 is 95.2 Å². The Morgan fingerprint density at radius 3 is 1.03 bits per heavy atom. The number of halogens is 2. The van der Waals surface area contributed by atoms with E-state index in [1.807, 2.05) is 31.1 Å². The van der Waals surface area contributed by atoms with Crippen molar-refractivity contribution in [2.24, 2.45) is 0 Å². The molecular weight excluding hydrogens is 934 g/mol. The van der Waals surface area contributed by atoms with Crippen LogP contribution in [0.25, 0.3) is 66.1 Å². The van der Waals surface area contributed by atoms with Gasteiger partial charge in [-0.3, -0.25) is 0 Å². The van der Waals surface area contributed by atoms with E-state index in [0.717, 1.165) is 36.9 Å². The summed E-state index contributed by atoms with van der Waals surface area (Å²) < 4.78 is 30.9. The average molecular weight is 988 g/mol. The van der Waals surface area contributed by atoms with E-state index in [-0.39, 0.29) is 29.5 Å². The number of fused-ring (bicyclic) bond motifs is 6. The van der Waals surface area contributed by atoms with Crippen LogP contribution in [0.3, 0.4) is 0 Å². The van der Waals surface area contributed by atoms with E-state index >= 15 is 0 Å². The van der Waals surface area contributed by atoms with Gasteiger partial charge >= 0.3 is 14.2 Å². The minimum atomic E-state index is -0.397. The zero-order chi connectivity index (χ0) is 45.9. The van der Waals surface area contributed by atoms with Crippen LogP contribution in [-0.4, -0.2) is 45.8 Å². The normalized spacial score (nSPS) is 17.0. The zero-order valence-electron chi connectivity index (χ0n) is 38.5. The Kier molecular flexibility index (Phi) is 12.1. The third-order valence-electron chi connectivity index (χ3n) is 13.5. The summed E-state index contributed by atoms with van der Waals surface area (Å²) in [5.74, 6) is 0. The van der Waals surface area contributed by atoms with Gasteiger partial charge in [-0.25, -0.2) is 0 Å². The molecule has 10 heteroatoms. The maximum absolute atomic E-state index is 6.37. The highest BCUT2D eigenvalue weighted by atomic mass is 79.9. The molecule has 0 aliphatic carbocycles. The standard InChI is InChI=1S/C42H35BN2O2.C7H15BO2.C6H4Br2/c1-41(2)42(3,4)47-43(46-41)30-23-21-28(22-24-30)29-25-31(44-37-17-9-5-13-33(37)34-14-6-10-18-38(34)44)27-32(26-29)45-39-19-11-7-15-35(39)36-16-8-12-20-40(36)45;1-6(2)7(3,4)10-8(5)9-6;7-5-1-2-6(8)4-3-5/h5-27H,1-4H3;1-5H3;1-4H. The molecule has 4 heterocycles. The van der Waals surface area contributed by atoms with Crippen molar-refractivity contribution in [2.45, 2.75) is 84.6 Å². The van der Waals surface area contributed by atoms with E-state index in [9.17, 15) is 0 Å². The zero-order valence-corrected chi connectivity index (χ0v) is 41.7. The Morgan fingerprint density at radius 1 is 0.385 bits per heavy atom. The van der Waals surface area contributed by atoms with E-state index in [1.165, 1.54) is 43.6 Å². The summed E-state index contributed by atoms with van der Waals surface area (Å²) in [4.78, 5) is 0. The quantitative estimate of drug-likeness (QED) is 0.165. The van der Waals surface area contributed by atoms with Gasteiger partial charge < -0.3 is 27.8 Å². The third-order valence-corrected chi connectivity index (χ3v) is 14.6. The van der Waals surface area contributed by atoms with Gasteiger partial charge in [0.15, 0.2) is 0 Å². The van der Waals surface area contributed by atoms with Gasteiger partial charge in [0.05, 0.1) is 44.5 Å². The molecule has 0 spiro atoms. The van der Waals surface area contributed by atoms with Crippen LogP contribution in [0, 0.1) is 0 Å². The van der Waals surface area contributed by atoms with Gasteiger partial charge in [-0.05, 0) is 146 Å². The van der Waals surface area contributed by atoms with Crippen LogP contribution < -0.4 is 5.46 Å². The Hall–Kier alpha value is -4.93. The molecule has 0 bridgehead atoms. The summed E-state index contributed by atoms with van der Waals surface area (Å²) in [6.45, 7) is 18.5. The predicted molar refractivity (Wildman–Crippen MR) is 280 cm³/mol. The number of benzene rings is 7. The van der Waals surface area contributed by atoms with Gasteiger partial charge in [0, 0.05) is 41.9 Å². The summed E-state index contributed by atoms with van der Waals surface area (Å²) in [6.07, 6.45) is 0. The monoisotopic (exact) mass is 986 g/mol. The summed E-state index contributed by atoms with van der Waals surface area (Å²) >= 11 is 6.65. The number of hydrogen-bond donors (Lipinski definition) is 0. The first-order valence-corrected chi connectivity index (χ1v) is 23.9. The number of aromatic nitrogens is 2. The Balaban J connectivity index is 0.000000247. The SMILES string of the molecule is Brc1ccc(Br)cc1.CB1OC(C)(C)C(C)(C)O1.CC1(C)OB(c2ccc(-c3cc(-n4c5ccccc5c5ccccc54)cc(-n4c5ccccc5c5ccccc54)c3)cc2)OC1(C)C. The fourth-order valence-corrected chi connectivity index (χ4v) is 9.33. The number of rotatable bonds is 4. The summed E-state index contributed by atoms with van der Waals surface area (Å²) in [7, 11) is -0.462. The van der Waals surface area contributed by atoms with Crippen molar-refractivity contribution in [1.82, 2.24) is 9.13 Å². The van der Waals surface area contributed by atoms with Gasteiger partial charge in [0.2, 0.25) is 0 Å². The Labute approximate surface area is 400 Å². The number of para-hydroxylation sites is 4. The Bertz CT molecular complexity index is 2880. The minimum absolute atomic E-state index is 0.0648. The molecule has 2 aromatic heterocycles. The third kappa shape index (κ3) is 8.66. The van der Waals surface area contributed by atoms with Crippen LogP contribution in [0.4, 0.5) is 0 Å². The lowest BCUT2D eigenvalue weighted by Gasteiger charge is -2.32. The molecule has 0 unspecified atom stereocenters. The highest BCUT2D eigenvalue weighted by Crippen LogP contribution is 2.40. The van der Waals surface area contributed by atoms with E-state index in [2.05, 4.69) is 236 Å². The molecule has 9 aromatic rings. The van der Waals surface area contributed by atoms with Crippen LogP contribution >= 0.6 is 31.9 Å². The van der Waals surface area contributed by atoms with Gasteiger partial charge in [0.1, 0.15) is 0 Å². The maximum atomic E-state index is 6.37. The lowest BCUT2D eigenvalue weighted by molar-refractivity contribution is 0.00578. The van der Waals surface area contributed by atoms with Crippen LogP contribution in [0.15, 0.2) is 173 Å². The number of hydrogen-bond acceptors (Lipinski definition) is 4. The van der Waals surface area contributed by atoms with Gasteiger partial charge in [0.25, 0.3) is 0 Å². The lowest BCUT2D eigenvalue weighted by Crippen LogP contribution is -2.41. The average Bonchev–Trinajstić information content (AvgIpc) is 3.93. The molecule has 2 saturated heterocycles. The molecule has 0 atom stereocenters. The van der Waals surface area contributed by atoms with Crippen LogP contribution in [0.1, 0.15) is 55.4 Å². The topological polar surface area (TPSA) is 46.8 Å². The van der Waals surface area contributed by atoms with Crippen molar-refractivity contribution in [3.63, 3.8) is 0 Å². The summed E-state index contributed by atoms with van der Waals surface area (Å²) in [6, 6.07) is 58.4. The molecule has 2 aliphatic rings. The minimum Gasteiger partial charge on any atom is -0.403 e. The van der Waals surface area contributed by atoms with Crippen molar-refractivity contribution in [2.75, 3.05) is 0 Å². The van der Waals surface area contributed by atoms with Gasteiger partial charge in [-0.2, -0.15) is 0 Å². The molecule has 2 fully saturated rings. The van der Waals surface area contributed by atoms with Crippen LogP contribution in [-0.2, 0) is 18.6 Å². The molecule has 328 valence electrons. The highest BCUT2D eigenvalue weighted by Gasteiger charge is 2.52. The molecule has 0 radical (unpaired) electrons. The second-order valence-corrected chi connectivity index (χ2v) is 20.8. The lowest BCUT2D eigenvalue weighted by atomic mass is 9.78. The highest BCUT2D eigenvalue weighted by molar-refractivity contribution is 9.11. The van der Waals surface area contributed by atoms with Crippen LogP contribution in [0.5, 0.6) is 0 Å². The first kappa shape index (κ1) is 45.2. The van der Waals surface area contributed by atoms with Crippen molar-refractivity contribution in [1.29, 1.82) is 0 Å². The van der Waals surface area contributed by atoms with Gasteiger partial charge in [-0.15, -0.1) is 0 Å². The molecule has 0 saturated carbocycles. The molecule has 2 aliphatic heterocycles. The molecule has 11 rings (SSSR count). The fraction of sp³-hybridized carbons (Fsp3) is 0.236. The Morgan fingerprint density at radius 2 is 0.708 bits per heavy atom. The number of nitrogens with zero attached hydrogens (tertiary/aromatic N) is 2. The van der Waals surface area contributed by atoms with Crippen molar-refractivity contribution in [3.05, 3.63) is 173 Å². The second-order valence-electron chi connectivity index (χ2n) is 18.9. The van der Waals surface area contributed by atoms with Gasteiger partial charge in [-0.1, -0.05) is 129 Å². The molecule has 6 nitrogen and oxygen atoms in total. The molecule has 0 amide bonds. The second kappa shape index (κ2) is 17.4. The van der Waals surface area contributed by atoms with Crippen LogP contribution in [0.2, 0.25) is 6.82 Å². The molecule has 7 aromatic carbocycles. The first-order chi connectivity index (χ1) is 30.9. The van der Waals surface area contributed by atoms with Crippen molar-refractivity contribution in [3.8, 4) is 22.5 Å². The van der Waals surface area contributed by atoms with E-state index < -0.39 is 7.12 Å². The maximum Gasteiger partial charge on any atom is 0.494 e.